The van der Waals surface area contributed by atoms with Crippen LogP contribution in [0.1, 0.15) is 16.8 Å². The zero-order valence-electron chi connectivity index (χ0n) is 16.1. The van der Waals surface area contributed by atoms with E-state index in [0.717, 1.165) is 24.5 Å². The lowest BCUT2D eigenvalue weighted by atomic mass is 10.1. The van der Waals surface area contributed by atoms with Gasteiger partial charge >= 0.3 is 11.8 Å². The van der Waals surface area contributed by atoms with Crippen LogP contribution in [-0.2, 0) is 29.1 Å². The Morgan fingerprint density at radius 2 is 1.83 bits per heavy atom. The van der Waals surface area contributed by atoms with Crippen LogP contribution in [0.4, 0.5) is 5.69 Å². The van der Waals surface area contributed by atoms with Crippen molar-refractivity contribution in [3.8, 4) is 5.69 Å². The maximum atomic E-state index is 12.1. The van der Waals surface area contributed by atoms with Gasteiger partial charge in [-0.05, 0) is 42.4 Å². The molecule has 0 bridgehead atoms. The van der Waals surface area contributed by atoms with Crippen molar-refractivity contribution in [1.82, 2.24) is 25.2 Å². The molecule has 0 unspecified atom stereocenters. The molecule has 2 aromatic carbocycles. The number of benzene rings is 2. The molecule has 8 nitrogen and oxygen atoms in total. The number of nitrogens with zero attached hydrogens (tertiary/aromatic N) is 4. The van der Waals surface area contributed by atoms with Gasteiger partial charge in [-0.1, -0.05) is 24.3 Å². The van der Waals surface area contributed by atoms with Crippen molar-refractivity contribution in [2.24, 2.45) is 0 Å². The van der Waals surface area contributed by atoms with Gasteiger partial charge in [-0.2, -0.15) is 15.0 Å². The van der Waals surface area contributed by atoms with Crippen LogP contribution in [0, 0.1) is 0 Å². The van der Waals surface area contributed by atoms with Crippen LogP contribution in [0.5, 0.6) is 0 Å². The van der Waals surface area contributed by atoms with Crippen molar-refractivity contribution in [2.75, 3.05) is 18.9 Å². The number of amides is 2. The number of rotatable bonds is 5. The van der Waals surface area contributed by atoms with Crippen LogP contribution in [0.15, 0.2) is 54.7 Å². The van der Waals surface area contributed by atoms with Gasteiger partial charge in [0.25, 0.3) is 0 Å². The van der Waals surface area contributed by atoms with Crippen molar-refractivity contribution in [3.05, 3.63) is 71.5 Å². The molecule has 8 heteroatoms. The molecular weight excluding hydrogens is 368 g/mol. The molecule has 1 aliphatic rings. The molecule has 3 aromatic rings. The van der Waals surface area contributed by atoms with E-state index in [2.05, 4.69) is 25.7 Å². The molecule has 0 saturated heterocycles. The fraction of sp³-hybridized carbons (Fsp3) is 0.238. The van der Waals surface area contributed by atoms with Crippen LogP contribution in [-0.4, -0.2) is 45.3 Å². The number of anilines is 1. The largest absolute Gasteiger partial charge is 0.347 e. The molecule has 0 radical (unpaired) electrons. The maximum absolute atomic E-state index is 12.1. The third-order valence-electron chi connectivity index (χ3n) is 4.74. The van der Waals surface area contributed by atoms with E-state index >= 15 is 0 Å². The second-order valence-electron chi connectivity index (χ2n) is 7.08. The maximum Gasteiger partial charge on any atom is 0.313 e. The Morgan fingerprint density at radius 3 is 2.66 bits per heavy atom. The smallest absolute Gasteiger partial charge is 0.313 e. The molecule has 2 N–H and O–H groups in total. The summed E-state index contributed by atoms with van der Waals surface area (Å²) in [7, 11) is 2.05. The molecule has 4 rings (SSSR count). The average molecular weight is 390 g/mol. The molecular formula is C21H22N6O2. The van der Waals surface area contributed by atoms with Crippen molar-refractivity contribution < 1.29 is 9.59 Å². The molecule has 2 heterocycles. The zero-order chi connectivity index (χ0) is 20.2. The molecule has 1 aliphatic heterocycles. The molecule has 1 aromatic heterocycles. The Hall–Kier alpha value is -3.52. The topological polar surface area (TPSA) is 92.2 Å². The lowest BCUT2D eigenvalue weighted by molar-refractivity contribution is -0.136. The molecule has 0 saturated carbocycles. The Balaban J connectivity index is 1.26. The normalized spacial score (nSPS) is 13.1. The van der Waals surface area contributed by atoms with Crippen LogP contribution in [0.2, 0.25) is 0 Å². The highest BCUT2D eigenvalue weighted by molar-refractivity contribution is 6.39. The highest BCUT2D eigenvalue weighted by atomic mass is 16.2. The van der Waals surface area contributed by atoms with E-state index in [1.165, 1.54) is 15.9 Å². The molecule has 0 fully saturated rings. The lowest BCUT2D eigenvalue weighted by Crippen LogP contribution is -2.36. The number of carbonyl (C=O) groups is 2. The predicted molar refractivity (Wildman–Crippen MR) is 108 cm³/mol. The Kier molecular flexibility index (Phi) is 5.35. The van der Waals surface area contributed by atoms with Crippen molar-refractivity contribution in [1.29, 1.82) is 0 Å². The van der Waals surface area contributed by atoms with Gasteiger partial charge in [0.2, 0.25) is 0 Å². The number of hydrogen-bond donors (Lipinski definition) is 2. The average Bonchev–Trinajstić information content (AvgIpc) is 3.34. The Labute approximate surface area is 168 Å². The van der Waals surface area contributed by atoms with Crippen LogP contribution >= 0.6 is 0 Å². The number of hydrogen-bond acceptors (Lipinski definition) is 5. The van der Waals surface area contributed by atoms with Gasteiger partial charge < -0.3 is 10.6 Å². The Bertz CT molecular complexity index is 1030. The SMILES string of the molecule is CN1Cc2ccc(NC(=O)C(=O)NCCc3cnn(-c4ccccc4)n3)cc2C1. The van der Waals surface area contributed by atoms with E-state index in [4.69, 9.17) is 0 Å². The van der Waals surface area contributed by atoms with Crippen molar-refractivity contribution in [2.45, 2.75) is 19.5 Å². The second-order valence-corrected chi connectivity index (χ2v) is 7.08. The summed E-state index contributed by atoms with van der Waals surface area (Å²) in [6.07, 6.45) is 2.14. The molecule has 0 spiro atoms. The van der Waals surface area contributed by atoms with E-state index in [1.54, 1.807) is 6.20 Å². The summed E-state index contributed by atoms with van der Waals surface area (Å²) >= 11 is 0. The van der Waals surface area contributed by atoms with Gasteiger partial charge in [0.05, 0.1) is 17.6 Å². The number of fused-ring (bicyclic) bond motifs is 1. The van der Waals surface area contributed by atoms with Crippen molar-refractivity contribution in [3.63, 3.8) is 0 Å². The van der Waals surface area contributed by atoms with Gasteiger partial charge in [-0.25, -0.2) is 0 Å². The van der Waals surface area contributed by atoms with Crippen molar-refractivity contribution >= 4 is 17.5 Å². The van der Waals surface area contributed by atoms with Crippen LogP contribution in [0.25, 0.3) is 5.69 Å². The molecule has 0 aliphatic carbocycles. The highest BCUT2D eigenvalue weighted by Crippen LogP contribution is 2.24. The van der Waals surface area contributed by atoms with E-state index in [1.807, 2.05) is 55.6 Å². The quantitative estimate of drug-likeness (QED) is 0.645. The van der Waals surface area contributed by atoms with E-state index in [-0.39, 0.29) is 0 Å². The molecule has 148 valence electrons. The minimum atomic E-state index is -0.677. The molecule has 2 amide bonds. The third-order valence-corrected chi connectivity index (χ3v) is 4.74. The standard InChI is InChI=1S/C21H22N6O2/c1-26-13-15-7-8-17(11-16(15)14-26)24-21(29)20(28)22-10-9-18-12-23-27(25-18)19-5-3-2-4-6-19/h2-8,11-12H,9-10,13-14H2,1H3,(H,22,28)(H,24,29). The fourth-order valence-corrected chi connectivity index (χ4v) is 3.31. The molecule has 29 heavy (non-hydrogen) atoms. The first-order chi connectivity index (χ1) is 14.1. The van der Waals surface area contributed by atoms with E-state index in [0.29, 0.717) is 18.7 Å². The third kappa shape index (κ3) is 4.49. The van der Waals surface area contributed by atoms with Gasteiger partial charge in [-0.3, -0.25) is 14.5 Å². The Morgan fingerprint density at radius 1 is 1.03 bits per heavy atom. The first-order valence-electron chi connectivity index (χ1n) is 9.44. The summed E-state index contributed by atoms with van der Waals surface area (Å²) in [5, 5.41) is 13.9. The number of nitrogens with one attached hydrogen (secondary N) is 2. The number of aromatic nitrogens is 3. The highest BCUT2D eigenvalue weighted by Gasteiger charge is 2.18. The summed E-state index contributed by atoms with van der Waals surface area (Å²) in [6, 6.07) is 15.3. The first-order valence-corrected chi connectivity index (χ1v) is 9.44. The van der Waals surface area contributed by atoms with Gasteiger partial charge in [0, 0.05) is 31.7 Å². The summed E-state index contributed by atoms with van der Waals surface area (Å²) < 4.78 is 0. The van der Waals surface area contributed by atoms with E-state index < -0.39 is 11.8 Å². The second kappa shape index (κ2) is 8.24. The summed E-state index contributed by atoms with van der Waals surface area (Å²) in [4.78, 5) is 27.9. The van der Waals surface area contributed by atoms with Gasteiger partial charge in [0.1, 0.15) is 0 Å². The first kappa shape index (κ1) is 18.8. The summed E-state index contributed by atoms with van der Waals surface area (Å²) in [5.41, 5.74) is 4.65. The monoisotopic (exact) mass is 390 g/mol. The molecule has 0 atom stereocenters. The summed E-state index contributed by atoms with van der Waals surface area (Å²) in [6.45, 7) is 2.04. The predicted octanol–water partition coefficient (Wildman–Crippen LogP) is 1.51. The minimum Gasteiger partial charge on any atom is -0.347 e. The lowest BCUT2D eigenvalue weighted by Gasteiger charge is -2.07. The fourth-order valence-electron chi connectivity index (χ4n) is 3.31. The number of carbonyl (C=O) groups excluding carboxylic acids is 2. The summed E-state index contributed by atoms with van der Waals surface area (Å²) in [5.74, 6) is -1.35. The van der Waals surface area contributed by atoms with Crippen LogP contribution in [0.3, 0.4) is 0 Å². The zero-order valence-corrected chi connectivity index (χ0v) is 16.1. The minimum absolute atomic E-state index is 0.300. The van der Waals surface area contributed by atoms with Gasteiger partial charge in [-0.15, -0.1) is 0 Å². The van der Waals surface area contributed by atoms with E-state index in [9.17, 15) is 9.59 Å². The van der Waals surface area contributed by atoms with Crippen LogP contribution < -0.4 is 10.6 Å². The van der Waals surface area contributed by atoms with Gasteiger partial charge in [0.15, 0.2) is 0 Å². The number of para-hydroxylation sites is 1.